The molecule has 2 fully saturated rings. The Morgan fingerprint density at radius 1 is 1.12 bits per heavy atom. The number of hydrogen-bond acceptors (Lipinski definition) is 5. The zero-order chi connectivity index (χ0) is 17.7. The van der Waals surface area contributed by atoms with Gasteiger partial charge in [0.05, 0.1) is 12.1 Å². The highest BCUT2D eigenvalue weighted by Crippen LogP contribution is 2.19. The largest absolute Gasteiger partial charge is 0.392 e. The van der Waals surface area contributed by atoms with Crippen molar-refractivity contribution in [2.75, 3.05) is 66.5 Å². The third-order valence-corrected chi connectivity index (χ3v) is 5.58. The summed E-state index contributed by atoms with van der Waals surface area (Å²) in [7, 11) is 4.09. The summed E-state index contributed by atoms with van der Waals surface area (Å²) in [5.74, 6) is 0.842. The van der Waals surface area contributed by atoms with Crippen LogP contribution in [0.2, 0.25) is 0 Å². The van der Waals surface area contributed by atoms with Crippen LogP contribution in [-0.4, -0.2) is 109 Å². The monoisotopic (exact) mass is 340 g/mol. The summed E-state index contributed by atoms with van der Waals surface area (Å²) < 4.78 is 0. The minimum Gasteiger partial charge on any atom is -0.392 e. The fraction of sp³-hybridized carbons (Fsp3) is 0.944. The van der Waals surface area contributed by atoms with Crippen LogP contribution in [0.5, 0.6) is 0 Å². The van der Waals surface area contributed by atoms with E-state index in [1.807, 2.05) is 18.9 Å². The van der Waals surface area contributed by atoms with E-state index in [1.165, 1.54) is 0 Å². The van der Waals surface area contributed by atoms with Crippen LogP contribution in [-0.2, 0) is 4.79 Å². The molecular formula is C18H36N4O2. The van der Waals surface area contributed by atoms with E-state index in [1.54, 1.807) is 0 Å². The third-order valence-electron chi connectivity index (χ3n) is 5.58. The first-order valence-electron chi connectivity index (χ1n) is 9.44. The average molecular weight is 341 g/mol. The number of carbonyl (C=O) groups is 1. The molecule has 2 saturated heterocycles. The second-order valence-electron chi connectivity index (χ2n) is 7.83. The van der Waals surface area contributed by atoms with Gasteiger partial charge in [0.15, 0.2) is 0 Å². The zero-order valence-corrected chi connectivity index (χ0v) is 15.9. The van der Waals surface area contributed by atoms with Crippen molar-refractivity contribution >= 4 is 5.91 Å². The van der Waals surface area contributed by atoms with Crippen molar-refractivity contribution in [1.29, 1.82) is 0 Å². The van der Waals surface area contributed by atoms with Crippen molar-refractivity contribution in [3.8, 4) is 0 Å². The molecule has 2 unspecified atom stereocenters. The summed E-state index contributed by atoms with van der Waals surface area (Å²) in [4.78, 5) is 21.6. The van der Waals surface area contributed by atoms with E-state index in [9.17, 15) is 9.90 Å². The van der Waals surface area contributed by atoms with Crippen LogP contribution in [0, 0.1) is 5.92 Å². The Kier molecular flexibility index (Phi) is 7.47. The number of β-amino-alcohol motifs (C(OH)–C–C–N with tert-alkyl or cyclic N) is 1. The molecule has 0 saturated carbocycles. The van der Waals surface area contributed by atoms with Gasteiger partial charge in [-0.1, -0.05) is 0 Å². The number of piperidine rings is 1. The Morgan fingerprint density at radius 2 is 1.71 bits per heavy atom. The summed E-state index contributed by atoms with van der Waals surface area (Å²) in [5, 5.41) is 9.49. The standard InChI is InChI=1S/C18H36N4O2/c1-15(23)13-21-7-5-17(6-8-21)14-20(4)18(24)16(2)22-11-9-19(3)10-12-22/h15-17,23H,5-14H2,1-4H3. The van der Waals surface area contributed by atoms with Gasteiger partial charge in [-0.3, -0.25) is 9.69 Å². The van der Waals surface area contributed by atoms with Crippen LogP contribution in [0.25, 0.3) is 0 Å². The highest BCUT2D eigenvalue weighted by atomic mass is 16.3. The minimum absolute atomic E-state index is 0.0148. The van der Waals surface area contributed by atoms with Gasteiger partial charge in [0.2, 0.25) is 5.91 Å². The molecule has 0 aromatic carbocycles. The first-order valence-corrected chi connectivity index (χ1v) is 9.44. The van der Waals surface area contributed by atoms with Crippen molar-refractivity contribution in [2.45, 2.75) is 38.8 Å². The molecule has 2 aliphatic heterocycles. The van der Waals surface area contributed by atoms with E-state index in [4.69, 9.17) is 0 Å². The van der Waals surface area contributed by atoms with Crippen LogP contribution < -0.4 is 0 Å². The van der Waals surface area contributed by atoms with Crippen LogP contribution >= 0.6 is 0 Å². The maximum Gasteiger partial charge on any atom is 0.239 e. The molecule has 6 nitrogen and oxygen atoms in total. The van der Waals surface area contributed by atoms with E-state index < -0.39 is 0 Å². The smallest absolute Gasteiger partial charge is 0.239 e. The number of nitrogens with zero attached hydrogens (tertiary/aromatic N) is 4. The summed E-state index contributed by atoms with van der Waals surface area (Å²) in [6.07, 6.45) is 1.98. The normalized spacial score (nSPS) is 24.7. The number of aliphatic hydroxyl groups is 1. The van der Waals surface area contributed by atoms with Gasteiger partial charge in [-0.15, -0.1) is 0 Å². The van der Waals surface area contributed by atoms with Crippen LogP contribution in [0.3, 0.4) is 0 Å². The predicted molar refractivity (Wildman–Crippen MR) is 97.0 cm³/mol. The molecule has 1 amide bonds. The number of aliphatic hydroxyl groups excluding tert-OH is 1. The molecule has 140 valence electrons. The van der Waals surface area contributed by atoms with E-state index in [0.29, 0.717) is 5.92 Å². The molecule has 6 heteroatoms. The Hall–Kier alpha value is -0.690. The van der Waals surface area contributed by atoms with Gasteiger partial charge in [-0.25, -0.2) is 0 Å². The molecule has 0 spiro atoms. The molecule has 0 bridgehead atoms. The molecule has 0 radical (unpaired) electrons. The summed E-state index contributed by atoms with van der Waals surface area (Å²) >= 11 is 0. The zero-order valence-electron chi connectivity index (χ0n) is 15.9. The Balaban J connectivity index is 1.73. The van der Waals surface area contributed by atoms with Crippen LogP contribution in [0.1, 0.15) is 26.7 Å². The highest BCUT2D eigenvalue weighted by Gasteiger charge is 2.28. The fourth-order valence-electron chi connectivity index (χ4n) is 3.89. The summed E-state index contributed by atoms with van der Waals surface area (Å²) in [6, 6.07) is -0.0148. The maximum atomic E-state index is 12.7. The molecule has 0 aliphatic carbocycles. The molecule has 2 heterocycles. The molecule has 2 rings (SSSR count). The predicted octanol–water partition coefficient (Wildman–Crippen LogP) is 0.174. The molecule has 2 atom stereocenters. The Labute approximate surface area is 147 Å². The van der Waals surface area contributed by atoms with Gasteiger partial charge in [0, 0.05) is 46.3 Å². The molecule has 0 aromatic rings. The van der Waals surface area contributed by atoms with Gasteiger partial charge >= 0.3 is 0 Å². The van der Waals surface area contributed by atoms with Crippen LogP contribution in [0.4, 0.5) is 0 Å². The highest BCUT2D eigenvalue weighted by molar-refractivity contribution is 5.81. The number of likely N-dealkylation sites (N-methyl/N-ethyl adjacent to an activating group) is 2. The third kappa shape index (κ3) is 5.69. The van der Waals surface area contributed by atoms with E-state index in [2.05, 4.69) is 28.7 Å². The first-order chi connectivity index (χ1) is 11.4. The minimum atomic E-state index is -0.254. The van der Waals surface area contributed by atoms with Crippen molar-refractivity contribution in [3.63, 3.8) is 0 Å². The van der Waals surface area contributed by atoms with Crippen molar-refractivity contribution in [3.05, 3.63) is 0 Å². The maximum absolute atomic E-state index is 12.7. The number of carbonyl (C=O) groups excluding carboxylic acids is 1. The second-order valence-corrected chi connectivity index (χ2v) is 7.83. The lowest BCUT2D eigenvalue weighted by Gasteiger charge is -2.38. The van der Waals surface area contributed by atoms with E-state index >= 15 is 0 Å². The van der Waals surface area contributed by atoms with Gasteiger partial charge in [0.1, 0.15) is 0 Å². The molecule has 2 aliphatic rings. The van der Waals surface area contributed by atoms with Crippen LogP contribution in [0.15, 0.2) is 0 Å². The lowest BCUT2D eigenvalue weighted by Crippen LogP contribution is -2.53. The summed E-state index contributed by atoms with van der Waals surface area (Å²) in [6.45, 7) is 11.6. The topological polar surface area (TPSA) is 50.3 Å². The van der Waals surface area contributed by atoms with E-state index in [-0.39, 0.29) is 18.1 Å². The van der Waals surface area contributed by atoms with Gasteiger partial charge in [0.25, 0.3) is 0 Å². The van der Waals surface area contributed by atoms with Crippen molar-refractivity contribution < 1.29 is 9.90 Å². The molecular weight excluding hydrogens is 304 g/mol. The Morgan fingerprint density at radius 3 is 2.25 bits per heavy atom. The van der Waals surface area contributed by atoms with E-state index in [0.717, 1.165) is 65.2 Å². The number of likely N-dealkylation sites (tertiary alicyclic amines) is 1. The lowest BCUT2D eigenvalue weighted by atomic mass is 9.96. The van der Waals surface area contributed by atoms with Gasteiger partial charge in [-0.2, -0.15) is 0 Å². The fourth-order valence-corrected chi connectivity index (χ4v) is 3.89. The average Bonchev–Trinajstić information content (AvgIpc) is 2.55. The lowest BCUT2D eigenvalue weighted by molar-refractivity contribution is -0.136. The molecule has 1 N–H and O–H groups in total. The van der Waals surface area contributed by atoms with Gasteiger partial charge in [-0.05, 0) is 52.7 Å². The first kappa shape index (κ1) is 19.6. The number of hydrogen-bond donors (Lipinski definition) is 1. The molecule has 0 aromatic heterocycles. The SMILES string of the molecule is CC(O)CN1CCC(CN(C)C(=O)C(C)N2CCN(C)CC2)CC1. The quantitative estimate of drug-likeness (QED) is 0.747. The second kappa shape index (κ2) is 9.13. The molecule has 24 heavy (non-hydrogen) atoms. The van der Waals surface area contributed by atoms with Gasteiger partial charge < -0.3 is 19.8 Å². The number of rotatable bonds is 6. The Bertz CT molecular complexity index is 388. The van der Waals surface area contributed by atoms with Crippen molar-refractivity contribution in [1.82, 2.24) is 19.6 Å². The van der Waals surface area contributed by atoms with Crippen molar-refractivity contribution in [2.24, 2.45) is 5.92 Å². The number of piperazine rings is 1. The summed E-state index contributed by atoms with van der Waals surface area (Å²) in [5.41, 5.74) is 0. The number of amides is 1.